The van der Waals surface area contributed by atoms with Crippen LogP contribution in [-0.4, -0.2) is 17.4 Å². The lowest BCUT2D eigenvalue weighted by Gasteiger charge is -2.05. The molecule has 0 saturated carbocycles. The summed E-state index contributed by atoms with van der Waals surface area (Å²) in [6, 6.07) is 26.8. The van der Waals surface area contributed by atoms with Crippen molar-refractivity contribution in [3.05, 3.63) is 103 Å². The summed E-state index contributed by atoms with van der Waals surface area (Å²) >= 11 is 0. The van der Waals surface area contributed by atoms with E-state index in [-0.39, 0.29) is 5.57 Å². The zero-order valence-corrected chi connectivity index (χ0v) is 14.6. The lowest BCUT2D eigenvalue weighted by Crippen LogP contribution is -1.98. The van der Waals surface area contributed by atoms with Crippen molar-refractivity contribution in [1.82, 2.24) is 0 Å². The van der Waals surface area contributed by atoms with E-state index in [2.05, 4.69) is 6.58 Å². The monoisotopic (exact) mass is 354 g/mol. The fraction of sp³-hybridized carbons (Fsp3) is 0. The van der Waals surface area contributed by atoms with Crippen LogP contribution in [0, 0.1) is 0 Å². The first-order valence-corrected chi connectivity index (χ1v) is 8.45. The highest BCUT2D eigenvalue weighted by atomic mass is 16.4. The predicted octanol–water partition coefficient (Wildman–Crippen LogP) is 5.59. The molecule has 0 fully saturated rings. The molecule has 27 heavy (non-hydrogen) atoms. The van der Waals surface area contributed by atoms with Crippen molar-refractivity contribution in [2.75, 3.05) is 0 Å². The molecule has 132 valence electrons. The van der Waals surface area contributed by atoms with Crippen LogP contribution in [0.4, 0.5) is 0 Å². The highest BCUT2D eigenvalue weighted by molar-refractivity contribution is 6.18. The Hall–Kier alpha value is -3.72. The van der Waals surface area contributed by atoms with Gasteiger partial charge in [0, 0.05) is 5.56 Å². The zero-order valence-electron chi connectivity index (χ0n) is 14.6. The van der Waals surface area contributed by atoms with E-state index in [4.69, 9.17) is 5.11 Å². The van der Waals surface area contributed by atoms with Crippen LogP contribution in [0.1, 0.15) is 15.9 Å². The van der Waals surface area contributed by atoms with Crippen LogP contribution in [0.5, 0.6) is 0 Å². The summed E-state index contributed by atoms with van der Waals surface area (Å²) in [5.74, 6) is -0.980. The van der Waals surface area contributed by atoms with Gasteiger partial charge in [-0.05, 0) is 27.1 Å². The summed E-state index contributed by atoms with van der Waals surface area (Å²) < 4.78 is 0. The van der Waals surface area contributed by atoms with Gasteiger partial charge in [-0.2, -0.15) is 0 Å². The molecule has 4 aromatic carbocycles. The predicted molar refractivity (Wildman–Crippen MR) is 110 cm³/mol. The summed E-state index contributed by atoms with van der Waals surface area (Å²) in [5, 5.41) is 13.0. The maximum Gasteiger partial charge on any atom is 0.335 e. The first-order valence-electron chi connectivity index (χ1n) is 8.45. The number of carboxylic acid groups (broad SMARTS) is 1. The summed E-state index contributed by atoms with van der Waals surface area (Å²) in [6.07, 6.45) is 0.891. The number of aliphatic carboxylic acids is 1. The molecule has 0 spiro atoms. The zero-order chi connectivity index (χ0) is 19.2. The molecule has 0 saturated heterocycles. The first kappa shape index (κ1) is 18.1. The Morgan fingerprint density at radius 3 is 1.89 bits per heavy atom. The molecule has 0 atom stereocenters. The van der Waals surface area contributed by atoms with Gasteiger partial charge in [0.1, 0.15) is 0 Å². The van der Waals surface area contributed by atoms with Gasteiger partial charge in [-0.1, -0.05) is 91.5 Å². The average Bonchev–Trinajstić information content (AvgIpc) is 2.72. The molecule has 3 heteroatoms. The topological polar surface area (TPSA) is 54.4 Å². The van der Waals surface area contributed by atoms with Crippen LogP contribution in [0.3, 0.4) is 0 Å². The minimum absolute atomic E-state index is 0.131. The van der Waals surface area contributed by atoms with Crippen LogP contribution in [0.25, 0.3) is 27.1 Å². The van der Waals surface area contributed by atoms with Crippen LogP contribution in [-0.2, 0) is 4.79 Å². The molecule has 0 radical (unpaired) electrons. The molecule has 0 unspecified atom stereocenters. The van der Waals surface area contributed by atoms with Gasteiger partial charge in [-0.15, -0.1) is 0 Å². The maximum absolute atomic E-state index is 10.8. The normalized spacial score (nSPS) is 10.1. The molecule has 3 nitrogen and oxygen atoms in total. The number of aldehydes is 1. The van der Waals surface area contributed by atoms with E-state index in [1.165, 1.54) is 0 Å². The Labute approximate surface area is 157 Å². The molecule has 0 aromatic heterocycles. The summed E-state index contributed by atoms with van der Waals surface area (Å²) in [5.41, 5.74) is 1.57. The van der Waals surface area contributed by atoms with Gasteiger partial charge < -0.3 is 5.11 Å². The molecule has 4 rings (SSSR count). The Bertz CT molecular complexity index is 1130. The standard InChI is InChI=1S/C13H10O2.C11H8O/c1-9(13(14)15)11-8-4-6-10-5-2-3-7-12(10)11;12-8-10-6-3-5-9-4-1-2-7-11(9)10/h2-8H,1H2,(H,14,15);1-8H. The smallest absolute Gasteiger partial charge is 0.335 e. The first-order chi connectivity index (χ1) is 13.1. The highest BCUT2D eigenvalue weighted by Gasteiger charge is 2.09. The second kappa shape index (κ2) is 8.11. The van der Waals surface area contributed by atoms with Gasteiger partial charge in [0.25, 0.3) is 0 Å². The van der Waals surface area contributed by atoms with Crippen molar-refractivity contribution in [2.45, 2.75) is 0 Å². The molecule has 0 amide bonds. The Morgan fingerprint density at radius 1 is 0.741 bits per heavy atom. The van der Waals surface area contributed by atoms with E-state index in [1.807, 2.05) is 78.9 Å². The molecule has 0 heterocycles. The molecule has 1 N–H and O–H groups in total. The minimum Gasteiger partial charge on any atom is -0.478 e. The Balaban J connectivity index is 0.000000159. The molecule has 0 bridgehead atoms. The SMILES string of the molecule is C=C(C(=O)O)c1cccc2ccccc12.O=Cc1cccc2ccccc12. The van der Waals surface area contributed by atoms with Crippen molar-refractivity contribution >= 4 is 39.4 Å². The number of carbonyl (C=O) groups excluding carboxylic acids is 1. The van der Waals surface area contributed by atoms with Crippen molar-refractivity contribution in [3.63, 3.8) is 0 Å². The van der Waals surface area contributed by atoms with E-state index < -0.39 is 5.97 Å². The number of fused-ring (bicyclic) bond motifs is 2. The van der Waals surface area contributed by atoms with Crippen molar-refractivity contribution in [1.29, 1.82) is 0 Å². The van der Waals surface area contributed by atoms with Gasteiger partial charge in [0.2, 0.25) is 0 Å². The van der Waals surface area contributed by atoms with Gasteiger partial charge in [-0.25, -0.2) is 4.79 Å². The number of carboxylic acids is 1. The third-order valence-corrected chi connectivity index (χ3v) is 4.32. The largest absolute Gasteiger partial charge is 0.478 e. The van der Waals surface area contributed by atoms with Crippen LogP contribution < -0.4 is 0 Å². The summed E-state index contributed by atoms with van der Waals surface area (Å²) in [6.45, 7) is 3.58. The van der Waals surface area contributed by atoms with E-state index in [1.54, 1.807) is 6.07 Å². The quantitative estimate of drug-likeness (QED) is 0.385. The number of hydrogen-bond acceptors (Lipinski definition) is 2. The molecular formula is C24H18O3. The second-order valence-corrected chi connectivity index (χ2v) is 6.00. The number of rotatable bonds is 3. The van der Waals surface area contributed by atoms with Crippen LogP contribution in [0.15, 0.2) is 91.5 Å². The van der Waals surface area contributed by atoms with E-state index >= 15 is 0 Å². The highest BCUT2D eigenvalue weighted by Crippen LogP contribution is 2.24. The number of carbonyl (C=O) groups is 2. The van der Waals surface area contributed by atoms with Gasteiger partial charge in [-0.3, -0.25) is 4.79 Å². The number of benzene rings is 4. The Kier molecular flexibility index (Phi) is 5.43. The van der Waals surface area contributed by atoms with Gasteiger partial charge in [0.15, 0.2) is 6.29 Å². The van der Waals surface area contributed by atoms with E-state index in [9.17, 15) is 9.59 Å². The molecule has 0 aliphatic rings. The van der Waals surface area contributed by atoms with Crippen molar-refractivity contribution in [3.8, 4) is 0 Å². The Morgan fingerprint density at radius 2 is 1.26 bits per heavy atom. The lowest BCUT2D eigenvalue weighted by atomic mass is 9.99. The van der Waals surface area contributed by atoms with Crippen molar-refractivity contribution < 1.29 is 14.7 Å². The number of hydrogen-bond donors (Lipinski definition) is 1. The molecule has 4 aromatic rings. The van der Waals surface area contributed by atoms with Crippen LogP contribution in [0.2, 0.25) is 0 Å². The van der Waals surface area contributed by atoms with Gasteiger partial charge in [0.05, 0.1) is 5.57 Å². The average molecular weight is 354 g/mol. The maximum atomic E-state index is 10.8. The fourth-order valence-corrected chi connectivity index (χ4v) is 2.96. The fourth-order valence-electron chi connectivity index (χ4n) is 2.96. The van der Waals surface area contributed by atoms with Crippen molar-refractivity contribution in [2.24, 2.45) is 0 Å². The minimum atomic E-state index is -0.980. The van der Waals surface area contributed by atoms with Gasteiger partial charge >= 0.3 is 5.97 Å². The molecule has 0 aliphatic carbocycles. The summed E-state index contributed by atoms with van der Waals surface area (Å²) in [4.78, 5) is 21.5. The third kappa shape index (κ3) is 3.93. The second-order valence-electron chi connectivity index (χ2n) is 6.00. The van der Waals surface area contributed by atoms with E-state index in [0.29, 0.717) is 5.56 Å². The molecule has 0 aliphatic heterocycles. The third-order valence-electron chi connectivity index (χ3n) is 4.32. The van der Waals surface area contributed by atoms with E-state index in [0.717, 1.165) is 33.4 Å². The summed E-state index contributed by atoms with van der Waals surface area (Å²) in [7, 11) is 0. The lowest BCUT2D eigenvalue weighted by molar-refractivity contribution is -0.130. The van der Waals surface area contributed by atoms with Crippen LogP contribution >= 0.6 is 0 Å². The molecular weight excluding hydrogens is 336 g/mol.